The zero-order valence-corrected chi connectivity index (χ0v) is 11.2. The van der Waals surface area contributed by atoms with Crippen LogP contribution < -0.4 is 24.8 Å². The number of halogens is 2. The molecule has 14 heteroatoms. The second-order valence-electron chi connectivity index (χ2n) is 0.816. The third kappa shape index (κ3) is 1090. The van der Waals surface area contributed by atoms with Crippen LogP contribution in [0.5, 0.6) is 0 Å². The summed E-state index contributed by atoms with van der Waals surface area (Å²) in [6, 6.07) is 0. The van der Waals surface area contributed by atoms with Gasteiger partial charge in [0.2, 0.25) is 0 Å². The molecule has 0 rings (SSSR count). The van der Waals surface area contributed by atoms with Crippen molar-refractivity contribution in [3.05, 3.63) is 0 Å². The molecule has 0 unspecified atom stereocenters. The van der Waals surface area contributed by atoms with Crippen LogP contribution in [0.25, 0.3) is 0 Å². The van der Waals surface area contributed by atoms with Gasteiger partial charge in [0.1, 0.15) is 0 Å². The molecule has 0 aromatic rings. The van der Waals surface area contributed by atoms with E-state index in [2.05, 4.69) is 0 Å². The predicted molar refractivity (Wildman–Crippen MR) is 26.7 cm³/mol. The summed E-state index contributed by atoms with van der Waals surface area (Å²) in [6.45, 7) is 0. The van der Waals surface area contributed by atoms with Gasteiger partial charge in [-0.05, 0) is 0 Å². The minimum absolute atomic E-state index is 0. The van der Waals surface area contributed by atoms with E-state index in [9.17, 15) is 0 Å². The maximum atomic E-state index is 8.52. The molecule has 0 saturated carbocycles. The van der Waals surface area contributed by atoms with Crippen molar-refractivity contribution in [2.75, 3.05) is 0 Å². The summed E-state index contributed by atoms with van der Waals surface area (Å²) in [7, 11) is -10.3. The smallest absolute Gasteiger partial charge is 1.00 e. The molecule has 0 aliphatic heterocycles. The fourth-order valence-corrected chi connectivity index (χ4v) is 0. The molecular formula is AlCl2FeO8S2. The minimum Gasteiger partial charge on any atom is -1.00 e. The molecule has 0 aromatic carbocycles. The Bertz CT molecular complexity index is 222. The third-order valence-corrected chi connectivity index (χ3v) is 0. The Labute approximate surface area is 114 Å². The maximum absolute atomic E-state index is 8.52. The van der Waals surface area contributed by atoms with Crippen LogP contribution in [0, 0.1) is 0 Å². The van der Waals surface area contributed by atoms with Crippen molar-refractivity contribution in [3.8, 4) is 0 Å². The van der Waals surface area contributed by atoms with Crippen molar-refractivity contribution in [2.24, 2.45) is 0 Å². The Morgan fingerprint density at radius 2 is 0.643 bits per heavy atom. The summed E-state index contributed by atoms with van der Waals surface area (Å²) >= 11 is 0. The predicted octanol–water partition coefficient (Wildman–Crippen LogP) is -9.05. The SMILES string of the molecule is O=S(=O)([O-])[O-].O=S(=O)([O-])[O-].[Al+3].[Cl-].[Cl-].[Fe+3]. The van der Waals surface area contributed by atoms with E-state index in [1.54, 1.807) is 0 Å². The molecule has 1 radical (unpaired) electrons. The Balaban J connectivity index is -0.0000000178. The molecule has 0 aliphatic carbocycles. The summed E-state index contributed by atoms with van der Waals surface area (Å²) in [4.78, 5) is 0. The van der Waals surface area contributed by atoms with Gasteiger partial charge >= 0.3 is 34.4 Å². The van der Waals surface area contributed by atoms with E-state index in [1.165, 1.54) is 0 Å². The Hall–Kier alpha value is 1.37. The van der Waals surface area contributed by atoms with Crippen molar-refractivity contribution in [2.45, 2.75) is 0 Å². The summed E-state index contributed by atoms with van der Waals surface area (Å²) in [6.07, 6.45) is 0. The van der Waals surface area contributed by atoms with Gasteiger partial charge in [-0.3, -0.25) is 16.8 Å². The molecule has 0 saturated heterocycles. The first-order valence-corrected chi connectivity index (χ1v) is 4.00. The van der Waals surface area contributed by atoms with E-state index in [4.69, 9.17) is 35.0 Å². The molecule has 0 aliphatic rings. The number of hydrogen-bond acceptors (Lipinski definition) is 8. The normalized spacial score (nSPS) is 8.29. The van der Waals surface area contributed by atoms with E-state index in [-0.39, 0.29) is 59.2 Å². The second kappa shape index (κ2) is 14.4. The summed E-state index contributed by atoms with van der Waals surface area (Å²) in [5, 5.41) is 0. The van der Waals surface area contributed by atoms with E-state index in [0.717, 1.165) is 0 Å². The molecule has 0 aromatic heterocycles. The Kier molecular flexibility index (Phi) is 37.1. The van der Waals surface area contributed by atoms with Gasteiger partial charge in [-0.1, -0.05) is 0 Å². The quantitative estimate of drug-likeness (QED) is 0.237. The van der Waals surface area contributed by atoms with Crippen LogP contribution >= 0.6 is 0 Å². The van der Waals surface area contributed by atoms with Gasteiger partial charge in [0.15, 0.2) is 0 Å². The standard InChI is InChI=1S/Al.2ClH.Fe.2H2O4S/c;;;;2*1-5(2,3)4/h;2*1H;;2*(H2,1,2,3,4)/q+3;;;+3;;/p-6. The van der Waals surface area contributed by atoms with E-state index in [1.807, 2.05) is 0 Å². The summed E-state index contributed by atoms with van der Waals surface area (Å²) in [5.41, 5.74) is 0. The van der Waals surface area contributed by atoms with Crippen LogP contribution in [0.1, 0.15) is 0 Å². The fraction of sp³-hybridized carbons (Fsp3) is 0. The molecule has 0 N–H and O–H groups in total. The van der Waals surface area contributed by atoms with E-state index >= 15 is 0 Å². The summed E-state index contributed by atoms with van der Waals surface area (Å²) < 4.78 is 68.2. The zero-order chi connectivity index (χ0) is 9.00. The third-order valence-electron chi connectivity index (χ3n) is 0. The molecule has 14 heavy (non-hydrogen) atoms. The van der Waals surface area contributed by atoms with Crippen LogP contribution in [0.3, 0.4) is 0 Å². The van der Waals surface area contributed by atoms with Gasteiger partial charge in [0.25, 0.3) is 0 Å². The van der Waals surface area contributed by atoms with Crippen LogP contribution in [0.4, 0.5) is 0 Å². The van der Waals surface area contributed by atoms with Crippen molar-refractivity contribution in [1.82, 2.24) is 0 Å². The van der Waals surface area contributed by atoms with Crippen molar-refractivity contribution in [3.63, 3.8) is 0 Å². The Morgan fingerprint density at radius 1 is 0.643 bits per heavy atom. The number of hydrogen-bond donors (Lipinski definition) is 0. The average molecular weight is 346 g/mol. The molecule has 0 bridgehead atoms. The van der Waals surface area contributed by atoms with Crippen LogP contribution in [0.15, 0.2) is 0 Å². The molecule has 8 nitrogen and oxygen atoms in total. The first-order valence-electron chi connectivity index (χ1n) is 1.33. The van der Waals surface area contributed by atoms with Gasteiger partial charge in [-0.2, -0.15) is 0 Å². The molecule has 85 valence electrons. The van der Waals surface area contributed by atoms with Crippen LogP contribution in [-0.2, 0) is 37.9 Å². The first-order chi connectivity index (χ1) is 4.00. The molecule has 0 heterocycles. The maximum Gasteiger partial charge on any atom is 3.00 e. The fourth-order valence-electron chi connectivity index (χ4n) is 0. The van der Waals surface area contributed by atoms with Crippen molar-refractivity contribution >= 4 is 38.2 Å². The van der Waals surface area contributed by atoms with Gasteiger partial charge in [-0.15, -0.1) is 0 Å². The van der Waals surface area contributed by atoms with Gasteiger partial charge < -0.3 is 43.0 Å². The Morgan fingerprint density at radius 3 is 0.643 bits per heavy atom. The molecular weight excluding hydrogens is 346 g/mol. The van der Waals surface area contributed by atoms with Gasteiger partial charge in [0.05, 0.1) is 0 Å². The van der Waals surface area contributed by atoms with Crippen molar-refractivity contribution < 1.29 is 76.9 Å². The van der Waals surface area contributed by atoms with Crippen LogP contribution in [0.2, 0.25) is 0 Å². The summed E-state index contributed by atoms with van der Waals surface area (Å²) in [5.74, 6) is 0. The van der Waals surface area contributed by atoms with Gasteiger partial charge in [-0.25, -0.2) is 0 Å². The molecule has 0 amide bonds. The van der Waals surface area contributed by atoms with Crippen molar-refractivity contribution in [1.29, 1.82) is 0 Å². The largest absolute Gasteiger partial charge is 3.00 e. The topological polar surface area (TPSA) is 161 Å². The van der Waals surface area contributed by atoms with E-state index in [0.29, 0.717) is 0 Å². The second-order valence-corrected chi connectivity index (χ2v) is 2.45. The molecule has 0 spiro atoms. The minimum atomic E-state index is -5.17. The zero-order valence-electron chi connectivity index (χ0n) is 5.77. The monoisotopic (exact) mass is 345 g/mol. The van der Waals surface area contributed by atoms with Crippen LogP contribution in [-0.4, -0.2) is 52.4 Å². The average Bonchev–Trinajstić information content (AvgIpc) is 1.12. The molecule has 0 fully saturated rings. The molecule has 0 atom stereocenters. The van der Waals surface area contributed by atoms with Gasteiger partial charge in [0, 0.05) is 20.8 Å². The number of rotatable bonds is 0. The van der Waals surface area contributed by atoms with E-state index < -0.39 is 20.8 Å². The first kappa shape index (κ1) is 36.1.